The highest BCUT2D eigenvalue weighted by molar-refractivity contribution is 8.00. The number of aliphatic hydroxyl groups is 1. The highest BCUT2D eigenvalue weighted by Crippen LogP contribution is 2.59. The van der Waals surface area contributed by atoms with Crippen molar-refractivity contribution in [1.82, 2.24) is 28.9 Å². The molecule has 0 spiro atoms. The van der Waals surface area contributed by atoms with E-state index in [2.05, 4.69) is 43.5 Å². The van der Waals surface area contributed by atoms with Crippen LogP contribution in [-0.4, -0.2) is 76.5 Å². The van der Waals surface area contributed by atoms with E-state index in [0.717, 1.165) is 63.8 Å². The third-order valence-corrected chi connectivity index (χ3v) is 12.0. The van der Waals surface area contributed by atoms with Gasteiger partial charge in [-0.3, -0.25) is 14.0 Å². The number of carbonyl (C=O) groups is 1. The van der Waals surface area contributed by atoms with Gasteiger partial charge in [-0.05, 0) is 94.1 Å². The molecule has 1 aromatic carbocycles. The van der Waals surface area contributed by atoms with Crippen LogP contribution in [0.1, 0.15) is 61.9 Å². The first-order chi connectivity index (χ1) is 20.4. The molecule has 4 aromatic rings. The Labute approximate surface area is 248 Å². The van der Waals surface area contributed by atoms with Gasteiger partial charge >= 0.3 is 0 Å². The fourth-order valence-corrected chi connectivity index (χ4v) is 9.11. The van der Waals surface area contributed by atoms with Gasteiger partial charge in [-0.1, -0.05) is 0 Å². The minimum atomic E-state index is -1.01. The van der Waals surface area contributed by atoms with Gasteiger partial charge in [-0.2, -0.15) is 0 Å². The minimum Gasteiger partial charge on any atom is -0.385 e. The van der Waals surface area contributed by atoms with Crippen LogP contribution in [0.25, 0.3) is 33.6 Å². The topological polar surface area (TPSA) is 82.4 Å². The normalized spacial score (nSPS) is 32.6. The van der Waals surface area contributed by atoms with E-state index in [4.69, 9.17) is 9.97 Å². The molecule has 216 valence electrons. The van der Waals surface area contributed by atoms with E-state index in [1.165, 1.54) is 25.7 Å². The zero-order chi connectivity index (χ0) is 28.1. The summed E-state index contributed by atoms with van der Waals surface area (Å²) in [6.07, 6.45) is 5.83. The minimum absolute atomic E-state index is 0.0625. The highest BCUT2D eigenvalue weighted by Gasteiger charge is 2.80. The number of anilines is 1. The number of nitrogens with zero attached hydrogens (tertiary/aromatic N) is 7. The van der Waals surface area contributed by atoms with Crippen LogP contribution in [0, 0.1) is 5.92 Å². The smallest absolute Gasteiger partial charge is 0.255 e. The number of rotatable bonds is 5. The van der Waals surface area contributed by atoms with Crippen LogP contribution in [-0.2, 0) is 18.7 Å². The van der Waals surface area contributed by atoms with Crippen LogP contribution >= 0.6 is 11.9 Å². The molecule has 3 aromatic heterocycles. The number of imidazole rings is 1. The number of hydrogen-bond acceptors (Lipinski definition) is 7. The molecule has 2 bridgehead atoms. The van der Waals surface area contributed by atoms with Crippen LogP contribution < -0.4 is 4.31 Å². The third kappa shape index (κ3) is 3.31. The summed E-state index contributed by atoms with van der Waals surface area (Å²) in [4.78, 5) is 28.6. The van der Waals surface area contributed by atoms with E-state index < -0.39 is 5.60 Å². The largest absolute Gasteiger partial charge is 0.385 e. The van der Waals surface area contributed by atoms with E-state index in [9.17, 15) is 9.90 Å². The van der Waals surface area contributed by atoms with Gasteiger partial charge < -0.3 is 19.1 Å². The average Bonchev–Trinajstić information content (AvgIpc) is 3.92. The zero-order valence-corrected chi connectivity index (χ0v) is 24.8. The van der Waals surface area contributed by atoms with Crippen molar-refractivity contribution in [1.29, 1.82) is 0 Å². The molecule has 1 aliphatic carbocycles. The molecule has 9 heterocycles. The summed E-state index contributed by atoms with van der Waals surface area (Å²) in [5.41, 5.74) is 4.29. The first-order valence-corrected chi connectivity index (χ1v) is 16.6. The molecule has 6 aliphatic heterocycles. The summed E-state index contributed by atoms with van der Waals surface area (Å²) in [7, 11) is 0. The molecule has 1 amide bonds. The van der Waals surface area contributed by atoms with E-state index in [1.54, 1.807) is 0 Å². The van der Waals surface area contributed by atoms with Gasteiger partial charge in [0.2, 0.25) is 0 Å². The Morgan fingerprint density at radius 1 is 1.17 bits per heavy atom. The van der Waals surface area contributed by atoms with Crippen LogP contribution in [0.3, 0.4) is 0 Å². The molecule has 11 rings (SSSR count). The van der Waals surface area contributed by atoms with Gasteiger partial charge in [-0.15, -0.1) is 0 Å². The number of carbonyl (C=O) groups excluding carboxylic acids is 1. The van der Waals surface area contributed by atoms with E-state index >= 15 is 0 Å². The monoisotopic (exact) mass is 581 g/mol. The molecular weight excluding hydrogens is 546 g/mol. The summed E-state index contributed by atoms with van der Waals surface area (Å²) < 4.78 is 7.06. The number of amides is 1. The summed E-state index contributed by atoms with van der Waals surface area (Å²) in [5, 5.41) is 12.7. The number of pyridine rings is 1. The number of aryl methyl sites for hydroxylation is 1. The van der Waals surface area contributed by atoms with Crippen molar-refractivity contribution in [2.75, 3.05) is 16.6 Å². The summed E-state index contributed by atoms with van der Waals surface area (Å²) in [6, 6.07) is 12.2. The van der Waals surface area contributed by atoms with E-state index in [-0.39, 0.29) is 5.91 Å². The molecular formula is C32H35N7O2S. The lowest BCUT2D eigenvalue weighted by atomic mass is 9.87. The molecule has 0 radical (unpaired) electrons. The third-order valence-electron chi connectivity index (χ3n) is 10.7. The Bertz CT molecular complexity index is 1820. The van der Waals surface area contributed by atoms with Gasteiger partial charge in [-0.25, -0.2) is 9.97 Å². The SMILES string of the molecule is CC1CCCSN1c1ccc2cc(-c3nc4cc(C(=O)N5CC6C7C5N67)cc5c4n3CCC5(C)O)n(CC3CC3)c2n1. The molecule has 1 N–H and O–H groups in total. The number of piperazine rings is 1. The molecule has 10 heteroatoms. The Morgan fingerprint density at radius 2 is 2.02 bits per heavy atom. The average molecular weight is 582 g/mol. The maximum atomic E-state index is 13.7. The lowest BCUT2D eigenvalue weighted by molar-refractivity contribution is 0.0398. The fourth-order valence-electron chi connectivity index (χ4n) is 8.02. The Morgan fingerprint density at radius 3 is 2.79 bits per heavy atom. The summed E-state index contributed by atoms with van der Waals surface area (Å²) in [5.74, 6) is 3.81. The Kier molecular flexibility index (Phi) is 4.70. The molecule has 42 heavy (non-hydrogen) atoms. The van der Waals surface area contributed by atoms with Gasteiger partial charge in [0.15, 0.2) is 5.82 Å². The molecule has 6 atom stereocenters. The fraction of sp³-hybridized carbons (Fsp3) is 0.531. The summed E-state index contributed by atoms with van der Waals surface area (Å²) in [6.45, 7) is 6.61. The maximum absolute atomic E-state index is 13.7. The van der Waals surface area contributed by atoms with Crippen molar-refractivity contribution in [3.05, 3.63) is 41.5 Å². The maximum Gasteiger partial charge on any atom is 0.255 e. The highest BCUT2D eigenvalue weighted by atomic mass is 32.2. The quantitative estimate of drug-likeness (QED) is 0.273. The second-order valence-corrected chi connectivity index (χ2v) is 14.8. The Hall–Kier alpha value is -3.08. The Balaban J connectivity index is 1.13. The second kappa shape index (κ2) is 8.09. The lowest BCUT2D eigenvalue weighted by Crippen LogP contribution is -2.32. The lowest BCUT2D eigenvalue weighted by Gasteiger charge is -2.32. The molecule has 6 unspecified atom stereocenters. The molecule has 5 saturated heterocycles. The van der Waals surface area contributed by atoms with Crippen molar-refractivity contribution < 1.29 is 9.90 Å². The predicted molar refractivity (Wildman–Crippen MR) is 163 cm³/mol. The molecule has 9 nitrogen and oxygen atoms in total. The first-order valence-electron chi connectivity index (χ1n) is 15.7. The van der Waals surface area contributed by atoms with Crippen molar-refractivity contribution in [2.45, 2.75) is 88.9 Å². The van der Waals surface area contributed by atoms with Crippen LogP contribution in [0.5, 0.6) is 0 Å². The van der Waals surface area contributed by atoms with E-state index in [1.807, 2.05) is 35.9 Å². The van der Waals surface area contributed by atoms with Crippen molar-refractivity contribution in [3.63, 3.8) is 0 Å². The number of aromatic nitrogens is 4. The van der Waals surface area contributed by atoms with Crippen LogP contribution in [0.15, 0.2) is 30.3 Å². The molecule has 7 aliphatic rings. The van der Waals surface area contributed by atoms with Crippen molar-refractivity contribution in [3.8, 4) is 11.5 Å². The van der Waals surface area contributed by atoms with Crippen LogP contribution in [0.2, 0.25) is 0 Å². The number of benzene rings is 1. The summed E-state index contributed by atoms with van der Waals surface area (Å²) >= 11 is 1.89. The van der Waals surface area contributed by atoms with E-state index in [0.29, 0.717) is 48.7 Å². The van der Waals surface area contributed by atoms with Crippen LogP contribution in [0.4, 0.5) is 5.82 Å². The van der Waals surface area contributed by atoms with Gasteiger partial charge in [0.1, 0.15) is 17.6 Å². The van der Waals surface area contributed by atoms with Gasteiger partial charge in [0.25, 0.3) is 5.91 Å². The van der Waals surface area contributed by atoms with Crippen molar-refractivity contribution in [2.24, 2.45) is 5.92 Å². The predicted octanol–water partition coefficient (Wildman–Crippen LogP) is 4.56. The molecule has 1 saturated carbocycles. The second-order valence-electron chi connectivity index (χ2n) is 13.7. The number of fused-ring (bicyclic) bond motifs is 2. The van der Waals surface area contributed by atoms with Gasteiger partial charge in [0, 0.05) is 54.0 Å². The zero-order valence-electron chi connectivity index (χ0n) is 24.0. The van der Waals surface area contributed by atoms with Gasteiger partial charge in [0.05, 0.1) is 28.4 Å². The number of hydrogen-bond donors (Lipinski definition) is 1. The first kappa shape index (κ1) is 24.4. The van der Waals surface area contributed by atoms with Crippen molar-refractivity contribution >= 4 is 45.7 Å². The molecule has 6 fully saturated rings. The standard InChI is InChI=1S/C32H35N7O2S/c1-17-4-3-11-42-39(17)25-8-7-19-14-23(36(28(19)34-25)15-18-5-6-18)29-33-22-13-20(31(40)37-16-24-27-30(37)38(24)27)12-21-26(22)35(29)10-9-32(21,2)41/h7-8,12-14,17-18,24,27,30,41H,3-6,9-11,15-16H2,1-2H3.